The van der Waals surface area contributed by atoms with Gasteiger partial charge in [-0.05, 0) is 36.2 Å². The highest BCUT2D eigenvalue weighted by atomic mass is 16.5. The van der Waals surface area contributed by atoms with Gasteiger partial charge in [-0.1, -0.05) is 54.6 Å². The molecule has 0 saturated heterocycles. The average molecular weight is 386 g/mol. The number of nitrogens with zero attached hydrogens (tertiary/aromatic N) is 3. The minimum Gasteiger partial charge on any atom is -0.483 e. The fraction of sp³-hybridized carbons (Fsp3) is 0.174. The number of para-hydroxylation sites is 1. The number of amides is 1. The van der Waals surface area contributed by atoms with Gasteiger partial charge in [-0.2, -0.15) is 0 Å². The molecule has 1 amide bonds. The Kier molecular flexibility index (Phi) is 5.52. The molecule has 1 N–H and O–H groups in total. The summed E-state index contributed by atoms with van der Waals surface area (Å²) in [5, 5.41) is 11.2. The highest BCUT2D eigenvalue weighted by molar-refractivity contribution is 5.78. The van der Waals surface area contributed by atoms with E-state index in [-0.39, 0.29) is 18.6 Å². The molecule has 146 valence electrons. The van der Waals surface area contributed by atoms with E-state index in [4.69, 9.17) is 4.74 Å². The third-order valence-corrected chi connectivity index (χ3v) is 4.67. The molecule has 29 heavy (non-hydrogen) atoms. The first-order valence-corrected chi connectivity index (χ1v) is 9.54. The first kappa shape index (κ1) is 18.7. The van der Waals surface area contributed by atoms with Gasteiger partial charge in [0.2, 0.25) is 0 Å². The van der Waals surface area contributed by atoms with Crippen molar-refractivity contribution in [1.29, 1.82) is 0 Å². The predicted molar refractivity (Wildman–Crippen MR) is 111 cm³/mol. The van der Waals surface area contributed by atoms with Gasteiger partial charge in [0, 0.05) is 12.6 Å². The summed E-state index contributed by atoms with van der Waals surface area (Å²) in [5.74, 6) is 1.19. The van der Waals surface area contributed by atoms with E-state index in [2.05, 4.69) is 27.6 Å². The van der Waals surface area contributed by atoms with Gasteiger partial charge in [-0.3, -0.25) is 9.20 Å². The Hall–Kier alpha value is -3.67. The third kappa shape index (κ3) is 4.43. The number of aromatic nitrogens is 3. The first-order chi connectivity index (χ1) is 14.2. The normalized spacial score (nSPS) is 11.9. The number of carbonyl (C=O) groups excluding carboxylic acids is 1. The highest BCUT2D eigenvalue weighted by Crippen LogP contribution is 2.21. The van der Waals surface area contributed by atoms with Gasteiger partial charge in [0.05, 0.1) is 6.04 Å². The van der Waals surface area contributed by atoms with E-state index in [1.54, 1.807) is 0 Å². The Morgan fingerprint density at radius 3 is 2.62 bits per heavy atom. The zero-order valence-electron chi connectivity index (χ0n) is 16.2. The van der Waals surface area contributed by atoms with Crippen LogP contribution < -0.4 is 10.1 Å². The lowest BCUT2D eigenvalue weighted by Gasteiger charge is -2.14. The van der Waals surface area contributed by atoms with Crippen LogP contribution in [0.3, 0.4) is 0 Å². The minimum atomic E-state index is -0.289. The van der Waals surface area contributed by atoms with E-state index in [9.17, 15) is 4.79 Å². The largest absolute Gasteiger partial charge is 0.483 e. The molecule has 0 saturated carbocycles. The molecule has 4 aromatic rings. The maximum atomic E-state index is 12.4. The monoisotopic (exact) mass is 386 g/mol. The number of nitrogens with one attached hydrogen (secondary N) is 1. The molecule has 4 rings (SSSR count). The number of ether oxygens (including phenoxy) is 1. The third-order valence-electron chi connectivity index (χ3n) is 4.67. The molecule has 0 aliphatic carbocycles. The van der Waals surface area contributed by atoms with E-state index in [1.807, 2.05) is 78.2 Å². The molecule has 2 aromatic heterocycles. The fourth-order valence-electron chi connectivity index (χ4n) is 3.25. The Labute approximate surface area is 169 Å². The summed E-state index contributed by atoms with van der Waals surface area (Å²) in [7, 11) is 0. The summed E-state index contributed by atoms with van der Waals surface area (Å²) >= 11 is 0. The lowest BCUT2D eigenvalue weighted by atomic mass is 10.0. The Morgan fingerprint density at radius 1 is 1.00 bits per heavy atom. The summed E-state index contributed by atoms with van der Waals surface area (Å²) in [6, 6.07) is 23.4. The summed E-state index contributed by atoms with van der Waals surface area (Å²) in [4.78, 5) is 12.4. The van der Waals surface area contributed by atoms with Crippen molar-refractivity contribution in [3.8, 4) is 5.75 Å². The molecule has 2 heterocycles. The molecular weight excluding hydrogens is 364 g/mol. The maximum absolute atomic E-state index is 12.4. The van der Waals surface area contributed by atoms with Crippen LogP contribution in [-0.2, 0) is 11.2 Å². The van der Waals surface area contributed by atoms with Crippen molar-refractivity contribution in [2.45, 2.75) is 19.4 Å². The molecule has 0 radical (unpaired) electrons. The maximum Gasteiger partial charge on any atom is 0.258 e. The first-order valence-electron chi connectivity index (χ1n) is 9.54. The van der Waals surface area contributed by atoms with Crippen LogP contribution in [0.25, 0.3) is 5.65 Å². The van der Waals surface area contributed by atoms with Crippen LogP contribution in [0.2, 0.25) is 0 Å². The average Bonchev–Trinajstić information content (AvgIpc) is 3.18. The molecule has 0 fully saturated rings. The molecule has 6 nitrogen and oxygen atoms in total. The SMILES string of the molecule is C[C@H](NC(=O)COc1ccccc1Cc1ccccc1)c1nnc2ccccn12. The van der Waals surface area contributed by atoms with Crippen molar-refractivity contribution < 1.29 is 9.53 Å². The number of hydrogen-bond acceptors (Lipinski definition) is 4. The number of rotatable bonds is 7. The zero-order chi connectivity index (χ0) is 20.1. The number of fused-ring (bicyclic) bond motifs is 1. The minimum absolute atomic E-state index is 0.0626. The second kappa shape index (κ2) is 8.56. The lowest BCUT2D eigenvalue weighted by Crippen LogP contribution is -2.32. The van der Waals surface area contributed by atoms with Gasteiger partial charge in [-0.25, -0.2) is 0 Å². The zero-order valence-corrected chi connectivity index (χ0v) is 16.2. The van der Waals surface area contributed by atoms with Crippen LogP contribution in [0.4, 0.5) is 0 Å². The second-order valence-electron chi connectivity index (χ2n) is 6.84. The van der Waals surface area contributed by atoms with Crippen LogP contribution in [0, 0.1) is 0 Å². The molecule has 0 aliphatic heterocycles. The van der Waals surface area contributed by atoms with Crippen molar-refractivity contribution in [1.82, 2.24) is 19.9 Å². The van der Waals surface area contributed by atoms with Crippen molar-refractivity contribution in [2.24, 2.45) is 0 Å². The van der Waals surface area contributed by atoms with Crippen LogP contribution in [0.1, 0.15) is 29.9 Å². The molecule has 0 spiro atoms. The van der Waals surface area contributed by atoms with Gasteiger partial charge in [0.1, 0.15) is 5.75 Å². The molecule has 0 aliphatic rings. The van der Waals surface area contributed by atoms with E-state index >= 15 is 0 Å². The molecular formula is C23H22N4O2. The highest BCUT2D eigenvalue weighted by Gasteiger charge is 2.16. The predicted octanol–water partition coefficient (Wildman–Crippen LogP) is 3.58. The quantitative estimate of drug-likeness (QED) is 0.527. The molecule has 0 unspecified atom stereocenters. The van der Waals surface area contributed by atoms with Crippen LogP contribution in [-0.4, -0.2) is 27.1 Å². The van der Waals surface area contributed by atoms with E-state index in [0.29, 0.717) is 11.6 Å². The summed E-state index contributed by atoms with van der Waals surface area (Å²) in [6.07, 6.45) is 2.63. The number of hydrogen-bond donors (Lipinski definition) is 1. The molecule has 1 atom stereocenters. The Balaban J connectivity index is 1.39. The van der Waals surface area contributed by atoms with Gasteiger partial charge >= 0.3 is 0 Å². The van der Waals surface area contributed by atoms with Crippen molar-refractivity contribution in [2.75, 3.05) is 6.61 Å². The fourth-order valence-corrected chi connectivity index (χ4v) is 3.25. The Bertz CT molecular complexity index is 1110. The van der Waals surface area contributed by atoms with Crippen LogP contribution in [0.5, 0.6) is 5.75 Å². The Morgan fingerprint density at radius 2 is 1.76 bits per heavy atom. The van der Waals surface area contributed by atoms with Crippen molar-refractivity contribution >= 4 is 11.6 Å². The van der Waals surface area contributed by atoms with E-state index in [0.717, 1.165) is 17.6 Å². The van der Waals surface area contributed by atoms with Crippen LogP contribution >= 0.6 is 0 Å². The lowest BCUT2D eigenvalue weighted by molar-refractivity contribution is -0.123. The number of pyridine rings is 1. The summed E-state index contributed by atoms with van der Waals surface area (Å²) in [6.45, 7) is 1.82. The van der Waals surface area contributed by atoms with Gasteiger partial charge < -0.3 is 10.1 Å². The number of carbonyl (C=O) groups is 1. The molecule has 2 aromatic carbocycles. The summed E-state index contributed by atoms with van der Waals surface area (Å²) in [5.41, 5.74) is 2.98. The van der Waals surface area contributed by atoms with E-state index < -0.39 is 0 Å². The smallest absolute Gasteiger partial charge is 0.258 e. The standard InChI is InChI=1S/C23H22N4O2/c1-17(23-26-25-21-13-7-8-14-27(21)23)24-22(28)16-29-20-12-6-5-11-19(20)15-18-9-3-2-4-10-18/h2-14,17H,15-16H2,1H3,(H,24,28)/t17-/m0/s1. The topological polar surface area (TPSA) is 68.5 Å². The van der Waals surface area contributed by atoms with Crippen molar-refractivity contribution in [3.63, 3.8) is 0 Å². The van der Waals surface area contributed by atoms with Crippen molar-refractivity contribution in [3.05, 3.63) is 95.9 Å². The van der Waals surface area contributed by atoms with Gasteiger partial charge in [-0.15, -0.1) is 10.2 Å². The molecule has 6 heteroatoms. The van der Waals surface area contributed by atoms with Gasteiger partial charge in [0.15, 0.2) is 18.1 Å². The summed E-state index contributed by atoms with van der Waals surface area (Å²) < 4.78 is 7.68. The van der Waals surface area contributed by atoms with Crippen LogP contribution in [0.15, 0.2) is 79.0 Å². The van der Waals surface area contributed by atoms with Gasteiger partial charge in [0.25, 0.3) is 5.91 Å². The number of benzene rings is 2. The second-order valence-corrected chi connectivity index (χ2v) is 6.84. The molecule has 0 bridgehead atoms. The van der Waals surface area contributed by atoms with E-state index in [1.165, 1.54) is 5.56 Å².